The maximum absolute atomic E-state index is 6.13. The molecule has 0 spiro atoms. The summed E-state index contributed by atoms with van der Waals surface area (Å²) in [7, 11) is 0. The first-order valence-corrected chi connectivity index (χ1v) is 8.38. The highest BCUT2D eigenvalue weighted by molar-refractivity contribution is 5.78. The number of nitrogens with two attached hydrogens (primary N) is 1. The van der Waals surface area contributed by atoms with Gasteiger partial charge in [0.25, 0.3) is 0 Å². The van der Waals surface area contributed by atoms with Crippen LogP contribution in [0.25, 0.3) is 11.0 Å². The second kappa shape index (κ2) is 6.65. The maximum atomic E-state index is 6.13. The van der Waals surface area contributed by atoms with Crippen LogP contribution in [0.4, 0.5) is 0 Å². The molecule has 4 nitrogen and oxygen atoms in total. The Hall–Kier alpha value is -2.33. The van der Waals surface area contributed by atoms with Crippen molar-refractivity contribution in [2.45, 2.75) is 40.3 Å². The highest BCUT2D eigenvalue weighted by Crippen LogP contribution is 2.23. The molecule has 0 aliphatic rings. The number of benzene rings is 2. The quantitative estimate of drug-likeness (QED) is 0.770. The van der Waals surface area contributed by atoms with Gasteiger partial charge in [0.1, 0.15) is 18.2 Å². The minimum absolute atomic E-state index is 0.114. The Balaban J connectivity index is 1.87. The van der Waals surface area contributed by atoms with E-state index in [1.807, 2.05) is 25.1 Å². The van der Waals surface area contributed by atoms with Crippen LogP contribution in [-0.2, 0) is 6.54 Å². The standard InChI is InChI=1S/C20H25N3O/c1-13-6-5-7-17(10-13)24-9-8-23-19-12-15(3)14(2)11-18(19)22-20(23)16(4)21/h5-7,10-12,16H,8-9,21H2,1-4H3. The van der Waals surface area contributed by atoms with Gasteiger partial charge in [0, 0.05) is 0 Å². The monoisotopic (exact) mass is 323 g/mol. The first kappa shape index (κ1) is 16.5. The molecular weight excluding hydrogens is 298 g/mol. The van der Waals surface area contributed by atoms with Gasteiger partial charge < -0.3 is 15.0 Å². The van der Waals surface area contributed by atoms with E-state index in [-0.39, 0.29) is 6.04 Å². The van der Waals surface area contributed by atoms with Gasteiger partial charge in [-0.05, 0) is 68.7 Å². The molecule has 0 saturated heterocycles. The fourth-order valence-electron chi connectivity index (χ4n) is 2.94. The predicted octanol–water partition coefficient (Wildman–Crippen LogP) is 4.06. The first-order valence-electron chi connectivity index (χ1n) is 8.38. The van der Waals surface area contributed by atoms with Gasteiger partial charge in [0.15, 0.2) is 0 Å². The molecule has 126 valence electrons. The molecule has 0 fully saturated rings. The van der Waals surface area contributed by atoms with Crippen LogP contribution in [0.1, 0.15) is 35.5 Å². The summed E-state index contributed by atoms with van der Waals surface area (Å²) >= 11 is 0. The van der Waals surface area contributed by atoms with Gasteiger partial charge in [-0.15, -0.1) is 0 Å². The second-order valence-corrected chi connectivity index (χ2v) is 6.50. The number of aryl methyl sites for hydroxylation is 3. The summed E-state index contributed by atoms with van der Waals surface area (Å²) in [5.41, 5.74) is 12.0. The molecule has 1 unspecified atom stereocenters. The number of rotatable bonds is 5. The summed E-state index contributed by atoms with van der Waals surface area (Å²) in [6.45, 7) is 9.58. The van der Waals surface area contributed by atoms with E-state index in [0.717, 1.165) is 29.2 Å². The summed E-state index contributed by atoms with van der Waals surface area (Å²) in [6, 6.07) is 12.3. The smallest absolute Gasteiger partial charge is 0.126 e. The third-order valence-electron chi connectivity index (χ3n) is 4.37. The van der Waals surface area contributed by atoms with Crippen molar-refractivity contribution in [1.29, 1.82) is 0 Å². The van der Waals surface area contributed by atoms with Gasteiger partial charge in [-0.1, -0.05) is 12.1 Å². The Kier molecular flexibility index (Phi) is 4.58. The molecule has 0 aliphatic heterocycles. The molecule has 1 aromatic heterocycles. The van der Waals surface area contributed by atoms with E-state index in [1.165, 1.54) is 16.7 Å². The maximum Gasteiger partial charge on any atom is 0.126 e. The molecule has 2 N–H and O–H groups in total. The van der Waals surface area contributed by atoms with Gasteiger partial charge in [0.2, 0.25) is 0 Å². The third kappa shape index (κ3) is 3.29. The average molecular weight is 323 g/mol. The van der Waals surface area contributed by atoms with Crippen molar-refractivity contribution in [1.82, 2.24) is 9.55 Å². The van der Waals surface area contributed by atoms with Crippen molar-refractivity contribution in [2.75, 3.05) is 6.61 Å². The molecular formula is C20H25N3O. The number of imidazole rings is 1. The van der Waals surface area contributed by atoms with Gasteiger partial charge in [0.05, 0.1) is 23.6 Å². The van der Waals surface area contributed by atoms with E-state index >= 15 is 0 Å². The SMILES string of the molecule is Cc1cccc(OCCn2c(C(C)N)nc3cc(C)c(C)cc32)c1. The Morgan fingerprint density at radius 3 is 2.58 bits per heavy atom. The normalized spacial score (nSPS) is 12.5. The van der Waals surface area contributed by atoms with Crippen LogP contribution in [-0.4, -0.2) is 16.2 Å². The molecule has 0 aliphatic carbocycles. The van der Waals surface area contributed by atoms with Gasteiger partial charge in [-0.2, -0.15) is 0 Å². The van der Waals surface area contributed by atoms with Crippen LogP contribution in [0.15, 0.2) is 36.4 Å². The highest BCUT2D eigenvalue weighted by Gasteiger charge is 2.15. The molecule has 0 radical (unpaired) electrons. The summed E-state index contributed by atoms with van der Waals surface area (Å²) in [4.78, 5) is 4.74. The molecule has 0 saturated carbocycles. The lowest BCUT2D eigenvalue weighted by molar-refractivity contribution is 0.297. The predicted molar refractivity (Wildman–Crippen MR) is 98.5 cm³/mol. The zero-order chi connectivity index (χ0) is 17.3. The number of hydrogen-bond acceptors (Lipinski definition) is 3. The minimum Gasteiger partial charge on any atom is -0.492 e. The Bertz CT molecular complexity index is 865. The second-order valence-electron chi connectivity index (χ2n) is 6.50. The fourth-order valence-corrected chi connectivity index (χ4v) is 2.94. The van der Waals surface area contributed by atoms with Crippen molar-refractivity contribution in [3.63, 3.8) is 0 Å². The largest absolute Gasteiger partial charge is 0.492 e. The van der Waals surface area contributed by atoms with Crippen LogP contribution in [0.5, 0.6) is 5.75 Å². The highest BCUT2D eigenvalue weighted by atomic mass is 16.5. The summed E-state index contributed by atoms with van der Waals surface area (Å²) < 4.78 is 8.09. The van der Waals surface area contributed by atoms with E-state index in [1.54, 1.807) is 0 Å². The fraction of sp³-hybridized carbons (Fsp3) is 0.350. The number of ether oxygens (including phenoxy) is 1. The van der Waals surface area contributed by atoms with E-state index in [9.17, 15) is 0 Å². The number of nitrogens with zero attached hydrogens (tertiary/aromatic N) is 2. The van der Waals surface area contributed by atoms with Crippen molar-refractivity contribution >= 4 is 11.0 Å². The van der Waals surface area contributed by atoms with Gasteiger partial charge in [-0.25, -0.2) is 4.98 Å². The number of fused-ring (bicyclic) bond motifs is 1. The summed E-state index contributed by atoms with van der Waals surface area (Å²) in [5.74, 6) is 1.80. The van der Waals surface area contributed by atoms with Crippen molar-refractivity contribution in [2.24, 2.45) is 5.73 Å². The Morgan fingerprint density at radius 1 is 1.12 bits per heavy atom. The van der Waals surface area contributed by atoms with Gasteiger partial charge >= 0.3 is 0 Å². The molecule has 0 amide bonds. The van der Waals surface area contributed by atoms with Crippen LogP contribution < -0.4 is 10.5 Å². The third-order valence-corrected chi connectivity index (χ3v) is 4.37. The molecule has 2 aromatic carbocycles. The topological polar surface area (TPSA) is 53.1 Å². The first-order chi connectivity index (χ1) is 11.5. The molecule has 24 heavy (non-hydrogen) atoms. The van der Waals surface area contributed by atoms with Gasteiger partial charge in [-0.3, -0.25) is 0 Å². The molecule has 1 heterocycles. The van der Waals surface area contributed by atoms with Crippen LogP contribution in [0.3, 0.4) is 0 Å². The Labute approximate surface area is 143 Å². The van der Waals surface area contributed by atoms with E-state index in [0.29, 0.717) is 6.61 Å². The summed E-state index contributed by atoms with van der Waals surface area (Å²) in [5, 5.41) is 0. The lowest BCUT2D eigenvalue weighted by atomic mass is 10.1. The zero-order valence-electron chi connectivity index (χ0n) is 14.8. The number of aromatic nitrogens is 2. The van der Waals surface area contributed by atoms with Crippen LogP contribution in [0, 0.1) is 20.8 Å². The molecule has 4 heteroatoms. The van der Waals surface area contributed by atoms with E-state index in [2.05, 4.69) is 43.5 Å². The zero-order valence-corrected chi connectivity index (χ0v) is 14.8. The molecule has 0 bridgehead atoms. The molecule has 1 atom stereocenters. The van der Waals surface area contributed by atoms with E-state index < -0.39 is 0 Å². The molecule has 3 rings (SSSR count). The summed E-state index contributed by atoms with van der Waals surface area (Å²) in [6.07, 6.45) is 0. The van der Waals surface area contributed by atoms with Crippen molar-refractivity contribution < 1.29 is 4.74 Å². The molecule has 3 aromatic rings. The Morgan fingerprint density at radius 2 is 1.88 bits per heavy atom. The van der Waals surface area contributed by atoms with E-state index in [4.69, 9.17) is 15.5 Å². The minimum atomic E-state index is -0.114. The lowest BCUT2D eigenvalue weighted by Gasteiger charge is -2.13. The van der Waals surface area contributed by atoms with Crippen molar-refractivity contribution in [3.05, 3.63) is 58.9 Å². The number of hydrogen-bond donors (Lipinski definition) is 1. The lowest BCUT2D eigenvalue weighted by Crippen LogP contribution is -2.16. The van der Waals surface area contributed by atoms with Crippen LogP contribution >= 0.6 is 0 Å². The average Bonchev–Trinajstić information content (AvgIpc) is 2.86. The van der Waals surface area contributed by atoms with Crippen molar-refractivity contribution in [3.8, 4) is 5.75 Å². The van der Waals surface area contributed by atoms with Crippen LogP contribution in [0.2, 0.25) is 0 Å².